The highest BCUT2D eigenvalue weighted by Gasteiger charge is 2.24. The van der Waals surface area contributed by atoms with Crippen LogP contribution in [-0.2, 0) is 16.4 Å². The predicted molar refractivity (Wildman–Crippen MR) is 132 cm³/mol. The van der Waals surface area contributed by atoms with Crippen LogP contribution in [0.1, 0.15) is 23.1 Å². The third-order valence-electron chi connectivity index (χ3n) is 5.31. The van der Waals surface area contributed by atoms with Crippen LogP contribution in [0.15, 0.2) is 52.6 Å². The number of sulfonamides is 1. The Bertz CT molecular complexity index is 1210. The van der Waals surface area contributed by atoms with Crippen molar-refractivity contribution in [3.63, 3.8) is 0 Å². The highest BCUT2D eigenvalue weighted by atomic mass is 32.2. The summed E-state index contributed by atoms with van der Waals surface area (Å²) in [4.78, 5) is 18.5. The van der Waals surface area contributed by atoms with Crippen LogP contribution in [0, 0.1) is 0 Å². The van der Waals surface area contributed by atoms with Gasteiger partial charge in [-0.2, -0.15) is 5.10 Å². The zero-order valence-corrected chi connectivity index (χ0v) is 19.8. The van der Waals surface area contributed by atoms with Crippen LogP contribution in [0.3, 0.4) is 0 Å². The Morgan fingerprint density at radius 3 is 2.59 bits per heavy atom. The van der Waals surface area contributed by atoms with Gasteiger partial charge in [0.15, 0.2) is 0 Å². The second-order valence-corrected chi connectivity index (χ2v) is 10.4. The number of nitrogens with one attached hydrogen (secondary N) is 1. The molecule has 1 N–H and O–H groups in total. The van der Waals surface area contributed by atoms with Crippen molar-refractivity contribution in [1.82, 2.24) is 5.01 Å². The molecule has 8 nitrogen and oxygen atoms in total. The Balaban J connectivity index is 1.62. The van der Waals surface area contributed by atoms with Gasteiger partial charge in [-0.1, -0.05) is 17.8 Å². The first kappa shape index (κ1) is 22.3. The summed E-state index contributed by atoms with van der Waals surface area (Å²) in [5.74, 6) is 1.40. The predicted octanol–water partition coefficient (Wildman–Crippen LogP) is 3.39. The van der Waals surface area contributed by atoms with E-state index in [4.69, 9.17) is 0 Å². The van der Waals surface area contributed by atoms with E-state index in [0.717, 1.165) is 54.0 Å². The zero-order valence-electron chi connectivity index (χ0n) is 18.2. The number of hydrogen-bond donors (Lipinski definition) is 1. The first-order valence-electron chi connectivity index (χ1n) is 10.2. The highest BCUT2D eigenvalue weighted by molar-refractivity contribution is 8.14. The molecule has 2 aliphatic rings. The number of nitrogens with zero attached hydrogens (tertiary/aromatic N) is 4. The number of rotatable bonds is 4. The van der Waals surface area contributed by atoms with Crippen molar-refractivity contribution in [2.75, 3.05) is 42.3 Å². The van der Waals surface area contributed by atoms with Crippen LogP contribution in [0.25, 0.3) is 0 Å². The lowest BCUT2D eigenvalue weighted by Gasteiger charge is -2.33. The first-order chi connectivity index (χ1) is 15.2. The molecular formula is C22H25N5O3S2. The third kappa shape index (κ3) is 4.81. The second-order valence-electron chi connectivity index (χ2n) is 7.72. The van der Waals surface area contributed by atoms with Crippen molar-refractivity contribution in [3.05, 3.63) is 59.2 Å². The average molecular weight is 472 g/mol. The molecule has 2 aromatic rings. The number of aliphatic imine (C=N–C) groups is 1. The van der Waals surface area contributed by atoms with Gasteiger partial charge in [-0.3, -0.25) is 14.5 Å². The third-order valence-corrected chi connectivity index (χ3v) is 6.85. The summed E-state index contributed by atoms with van der Waals surface area (Å²) in [5, 5.41) is 5.77. The molecule has 0 saturated heterocycles. The lowest BCUT2D eigenvalue weighted by atomic mass is 9.97. The molecule has 10 heteroatoms. The fourth-order valence-electron chi connectivity index (χ4n) is 3.92. The lowest BCUT2D eigenvalue weighted by Crippen LogP contribution is -2.36. The van der Waals surface area contributed by atoms with Gasteiger partial charge in [0.2, 0.25) is 10.0 Å². The monoisotopic (exact) mass is 471 g/mol. The number of carbonyl (C=O) groups excluding carboxylic acids is 1. The van der Waals surface area contributed by atoms with E-state index in [1.807, 2.05) is 18.2 Å². The Hall–Kier alpha value is -2.85. The molecule has 32 heavy (non-hydrogen) atoms. The number of anilines is 2. The summed E-state index contributed by atoms with van der Waals surface area (Å²) in [5.41, 5.74) is 5.69. The van der Waals surface area contributed by atoms with Crippen molar-refractivity contribution < 1.29 is 13.2 Å². The summed E-state index contributed by atoms with van der Waals surface area (Å²) in [7, 11) is 0.122. The molecule has 0 radical (unpaired) electrons. The first-order valence-corrected chi connectivity index (χ1v) is 13.1. The standard InChI is InChI=1S/C22H25N5O3S2/c1-23-21(15-6-9-18(10-7-15)25-32(3,29)30)27-12-4-5-17-13-16(8-11-20(17)27)19-14-31-22(28)26(2)24-19/h6-11,13,25H,4-5,12,14H2,1-3H3/b23-21-. The number of fused-ring (bicyclic) bond motifs is 1. The van der Waals surface area contributed by atoms with Gasteiger partial charge in [0, 0.05) is 43.3 Å². The molecule has 2 aliphatic heterocycles. The van der Waals surface area contributed by atoms with E-state index in [1.165, 1.54) is 22.3 Å². The van der Waals surface area contributed by atoms with Gasteiger partial charge in [-0.05, 0) is 60.4 Å². The van der Waals surface area contributed by atoms with E-state index in [2.05, 4.69) is 31.8 Å². The van der Waals surface area contributed by atoms with Crippen LogP contribution in [0.5, 0.6) is 0 Å². The highest BCUT2D eigenvalue weighted by Crippen LogP contribution is 2.31. The molecule has 0 fully saturated rings. The Morgan fingerprint density at radius 1 is 1.19 bits per heavy atom. The van der Waals surface area contributed by atoms with Gasteiger partial charge in [0.1, 0.15) is 5.84 Å². The van der Waals surface area contributed by atoms with Crippen LogP contribution in [0.2, 0.25) is 0 Å². The zero-order chi connectivity index (χ0) is 22.9. The van der Waals surface area contributed by atoms with Gasteiger partial charge in [0.05, 0.1) is 12.0 Å². The molecule has 0 bridgehead atoms. The van der Waals surface area contributed by atoms with Gasteiger partial charge < -0.3 is 4.90 Å². The average Bonchev–Trinajstić information content (AvgIpc) is 2.76. The molecular weight excluding hydrogens is 446 g/mol. The van der Waals surface area contributed by atoms with Crippen LogP contribution < -0.4 is 9.62 Å². The maximum absolute atomic E-state index is 11.7. The number of benzene rings is 2. The molecule has 0 spiro atoms. The minimum atomic E-state index is -3.32. The summed E-state index contributed by atoms with van der Waals surface area (Å²) in [6, 6.07) is 13.5. The van der Waals surface area contributed by atoms with E-state index in [-0.39, 0.29) is 5.24 Å². The summed E-state index contributed by atoms with van der Waals surface area (Å²) >= 11 is 1.26. The van der Waals surface area contributed by atoms with Crippen molar-refractivity contribution in [2.45, 2.75) is 12.8 Å². The number of carbonyl (C=O) groups is 1. The largest absolute Gasteiger partial charge is 0.326 e. The molecule has 0 aliphatic carbocycles. The van der Waals surface area contributed by atoms with E-state index in [9.17, 15) is 13.2 Å². The summed E-state index contributed by atoms with van der Waals surface area (Å²) in [6.07, 6.45) is 3.08. The van der Waals surface area contributed by atoms with Crippen LogP contribution in [-0.4, -0.2) is 62.9 Å². The number of amides is 1. The van der Waals surface area contributed by atoms with Crippen molar-refractivity contribution >= 4 is 49.9 Å². The minimum absolute atomic E-state index is 0.0422. The van der Waals surface area contributed by atoms with Crippen molar-refractivity contribution in [2.24, 2.45) is 10.1 Å². The lowest BCUT2D eigenvalue weighted by molar-refractivity contribution is 0.235. The Kier molecular flexibility index (Phi) is 6.25. The van der Waals surface area contributed by atoms with E-state index in [1.54, 1.807) is 26.2 Å². The molecule has 0 atom stereocenters. The molecule has 4 rings (SSSR count). The van der Waals surface area contributed by atoms with Crippen molar-refractivity contribution in [3.8, 4) is 0 Å². The van der Waals surface area contributed by atoms with Gasteiger partial charge in [0.25, 0.3) is 0 Å². The minimum Gasteiger partial charge on any atom is -0.326 e. The fourth-order valence-corrected chi connectivity index (χ4v) is 5.20. The van der Waals surface area contributed by atoms with Crippen LogP contribution in [0.4, 0.5) is 16.2 Å². The van der Waals surface area contributed by atoms with Crippen LogP contribution >= 0.6 is 11.8 Å². The van der Waals surface area contributed by atoms with Gasteiger partial charge >= 0.3 is 5.24 Å². The second kappa shape index (κ2) is 8.95. The number of aryl methyl sites for hydroxylation is 1. The molecule has 168 valence electrons. The maximum atomic E-state index is 11.7. The molecule has 1 amide bonds. The van der Waals surface area contributed by atoms with Gasteiger partial charge in [-0.25, -0.2) is 13.4 Å². The smallest absolute Gasteiger partial charge is 0.301 e. The SMILES string of the molecule is C/N=C(/c1ccc(NS(C)(=O)=O)cc1)N1CCCc2cc(C3=NN(C)C(=O)SC3)ccc21. The summed E-state index contributed by atoms with van der Waals surface area (Å²) in [6.45, 7) is 0.844. The van der Waals surface area contributed by atoms with E-state index in [0.29, 0.717) is 11.4 Å². The maximum Gasteiger partial charge on any atom is 0.301 e. The fraction of sp³-hybridized carbons (Fsp3) is 0.318. The Labute approximate surface area is 192 Å². The molecule has 0 aromatic heterocycles. The van der Waals surface area contributed by atoms with Gasteiger partial charge in [-0.15, -0.1) is 0 Å². The number of amidine groups is 1. The molecule has 2 aromatic carbocycles. The molecule has 0 unspecified atom stereocenters. The Morgan fingerprint density at radius 2 is 1.94 bits per heavy atom. The van der Waals surface area contributed by atoms with E-state index >= 15 is 0 Å². The number of thioether (sulfide) groups is 1. The number of hydrazone groups is 1. The molecule has 0 saturated carbocycles. The quantitative estimate of drug-likeness (QED) is 0.545. The van der Waals surface area contributed by atoms with Crippen molar-refractivity contribution in [1.29, 1.82) is 0 Å². The topological polar surface area (TPSA) is 94.4 Å². The molecule has 2 heterocycles. The normalized spacial score (nSPS) is 17.2. The number of hydrogen-bond acceptors (Lipinski definition) is 6. The summed E-state index contributed by atoms with van der Waals surface area (Å²) < 4.78 is 25.4. The van der Waals surface area contributed by atoms with E-state index < -0.39 is 10.0 Å².